The molecule has 1 radical (unpaired) electrons. The van der Waals surface area contributed by atoms with Gasteiger partial charge in [-0.05, 0) is 12.5 Å². The van der Waals surface area contributed by atoms with Gasteiger partial charge in [-0.15, -0.1) is 0 Å². The van der Waals surface area contributed by atoms with E-state index >= 15 is 0 Å². The number of aryl methyl sites for hydroxylation is 1. The van der Waals surface area contributed by atoms with Gasteiger partial charge in [0.15, 0.2) is 0 Å². The lowest BCUT2D eigenvalue weighted by Gasteiger charge is -1.81. The molecule has 8 heavy (non-hydrogen) atoms. The summed E-state index contributed by atoms with van der Waals surface area (Å²) in [4.78, 5) is 16.0. The van der Waals surface area contributed by atoms with Crippen LogP contribution < -0.4 is 5.69 Å². The fourth-order valence-corrected chi connectivity index (χ4v) is 0.373. The minimum atomic E-state index is -0.351. The zero-order valence-corrected chi connectivity index (χ0v) is 4.43. The first-order valence-corrected chi connectivity index (χ1v) is 2.23. The van der Waals surface area contributed by atoms with Crippen molar-refractivity contribution in [2.24, 2.45) is 0 Å². The van der Waals surface area contributed by atoms with Crippen LogP contribution in [0.2, 0.25) is 0 Å². The lowest BCUT2D eigenvalue weighted by atomic mass is 10.4. The van der Waals surface area contributed by atoms with Gasteiger partial charge in [0.05, 0.1) is 6.20 Å². The second kappa shape index (κ2) is 1.78. The highest BCUT2D eigenvalue weighted by molar-refractivity contribution is 4.95. The first kappa shape index (κ1) is 5.03. The molecular weight excluding hydrogens is 104 g/mol. The van der Waals surface area contributed by atoms with Gasteiger partial charge in [0.1, 0.15) is 0 Å². The van der Waals surface area contributed by atoms with Gasteiger partial charge < -0.3 is 4.98 Å². The van der Waals surface area contributed by atoms with Gasteiger partial charge in [-0.25, -0.2) is 4.79 Å². The van der Waals surface area contributed by atoms with Crippen LogP contribution in [-0.2, 0) is 0 Å². The van der Waals surface area contributed by atoms with Gasteiger partial charge in [-0.1, -0.05) is 0 Å². The second-order valence-electron chi connectivity index (χ2n) is 1.50. The minimum absolute atomic E-state index is 0.351. The highest BCUT2D eigenvalue weighted by atomic mass is 16.1. The molecule has 0 aliphatic rings. The van der Waals surface area contributed by atoms with Crippen molar-refractivity contribution in [3.8, 4) is 0 Å². The van der Waals surface area contributed by atoms with Gasteiger partial charge >= 0.3 is 5.69 Å². The normalized spacial score (nSPS) is 9.12. The Labute approximate surface area is 46.4 Å². The summed E-state index contributed by atoms with van der Waals surface area (Å²) in [7, 11) is 0. The highest BCUT2D eigenvalue weighted by Gasteiger charge is 1.81. The van der Waals surface area contributed by atoms with Gasteiger partial charge in [0.25, 0.3) is 0 Å². The van der Waals surface area contributed by atoms with Crippen molar-refractivity contribution in [2.75, 3.05) is 0 Å². The van der Waals surface area contributed by atoms with E-state index in [9.17, 15) is 4.79 Å². The van der Waals surface area contributed by atoms with E-state index < -0.39 is 0 Å². The maximum Gasteiger partial charge on any atom is 0.345 e. The SMILES string of the molecule is Cc1[c]nc(=O)[nH]c1. The van der Waals surface area contributed by atoms with Crippen molar-refractivity contribution < 1.29 is 0 Å². The molecule has 41 valence electrons. The minimum Gasteiger partial charge on any atom is -0.312 e. The number of hydrogen-bond acceptors (Lipinski definition) is 2. The first-order chi connectivity index (χ1) is 3.79. The average molecular weight is 109 g/mol. The first-order valence-electron chi connectivity index (χ1n) is 2.23. The lowest BCUT2D eigenvalue weighted by Crippen LogP contribution is -2.08. The average Bonchev–Trinajstić information content (AvgIpc) is 1.77. The van der Waals surface area contributed by atoms with Crippen LogP contribution in [-0.4, -0.2) is 9.97 Å². The number of aromatic amines is 1. The third-order valence-corrected chi connectivity index (χ3v) is 0.746. The molecule has 0 aromatic carbocycles. The summed E-state index contributed by atoms with van der Waals surface area (Å²) in [6, 6.07) is 0. The van der Waals surface area contributed by atoms with Crippen molar-refractivity contribution in [3.63, 3.8) is 0 Å². The molecule has 1 rings (SSSR count). The Morgan fingerprint density at radius 3 is 3.00 bits per heavy atom. The van der Waals surface area contributed by atoms with E-state index in [4.69, 9.17) is 0 Å². The molecule has 0 saturated heterocycles. The molecule has 0 atom stereocenters. The molecule has 0 spiro atoms. The fraction of sp³-hybridized carbons (Fsp3) is 0.200. The standard InChI is InChI=1S/C5H5N2O/c1-4-2-6-5(8)7-3-4/h2H,1H3,(H,6,7,8). The monoisotopic (exact) mass is 109 g/mol. The Balaban J connectivity index is 3.22. The Kier molecular flexibility index (Phi) is 1.12. The van der Waals surface area contributed by atoms with Crippen LogP contribution in [0.4, 0.5) is 0 Å². The van der Waals surface area contributed by atoms with Crippen LogP contribution in [0.25, 0.3) is 0 Å². The van der Waals surface area contributed by atoms with E-state index in [1.165, 1.54) is 0 Å². The zero-order valence-electron chi connectivity index (χ0n) is 4.43. The number of H-pyrrole nitrogens is 1. The van der Waals surface area contributed by atoms with Crippen LogP contribution in [0.5, 0.6) is 0 Å². The maximum absolute atomic E-state index is 10.2. The molecule has 3 nitrogen and oxygen atoms in total. The van der Waals surface area contributed by atoms with Crippen LogP contribution in [0.1, 0.15) is 5.56 Å². The molecule has 1 heterocycles. The number of rotatable bonds is 0. The highest BCUT2D eigenvalue weighted by Crippen LogP contribution is 1.80. The van der Waals surface area contributed by atoms with Gasteiger partial charge in [-0.3, -0.25) is 0 Å². The van der Waals surface area contributed by atoms with E-state index in [-0.39, 0.29) is 5.69 Å². The lowest BCUT2D eigenvalue weighted by molar-refractivity contribution is 1.04. The summed E-state index contributed by atoms with van der Waals surface area (Å²) in [5.74, 6) is 0. The van der Waals surface area contributed by atoms with E-state index in [0.717, 1.165) is 5.56 Å². The Morgan fingerprint density at radius 2 is 2.62 bits per heavy atom. The maximum atomic E-state index is 10.2. The summed E-state index contributed by atoms with van der Waals surface area (Å²) < 4.78 is 0. The summed E-state index contributed by atoms with van der Waals surface area (Å²) in [5, 5.41) is 0. The van der Waals surface area contributed by atoms with Crippen molar-refractivity contribution in [1.29, 1.82) is 0 Å². The van der Waals surface area contributed by atoms with Crippen LogP contribution in [0.15, 0.2) is 11.0 Å². The van der Waals surface area contributed by atoms with E-state index in [0.29, 0.717) is 0 Å². The molecule has 0 aliphatic heterocycles. The summed E-state index contributed by atoms with van der Waals surface area (Å²) in [6.45, 7) is 1.81. The third-order valence-electron chi connectivity index (χ3n) is 0.746. The van der Waals surface area contributed by atoms with E-state index in [2.05, 4.69) is 16.2 Å². The molecule has 1 aromatic rings. The van der Waals surface area contributed by atoms with E-state index in [1.54, 1.807) is 6.20 Å². The number of aromatic nitrogens is 2. The summed E-state index contributed by atoms with van der Waals surface area (Å²) in [5.41, 5.74) is 0.486. The summed E-state index contributed by atoms with van der Waals surface area (Å²) in [6.07, 6.45) is 4.07. The quantitative estimate of drug-likeness (QED) is 0.504. The molecule has 3 heteroatoms. The molecule has 0 unspecified atom stereocenters. The molecule has 0 amide bonds. The van der Waals surface area contributed by atoms with Gasteiger partial charge in [0.2, 0.25) is 0 Å². The smallest absolute Gasteiger partial charge is 0.312 e. The topological polar surface area (TPSA) is 45.8 Å². The molecule has 1 N–H and O–H groups in total. The van der Waals surface area contributed by atoms with Crippen LogP contribution >= 0.6 is 0 Å². The molecule has 1 aromatic heterocycles. The Hall–Kier alpha value is -1.12. The zero-order chi connectivity index (χ0) is 5.98. The number of nitrogens with zero attached hydrogens (tertiary/aromatic N) is 1. The molecule has 0 bridgehead atoms. The molecule has 0 aliphatic carbocycles. The molecule has 0 fully saturated rings. The Morgan fingerprint density at radius 1 is 1.88 bits per heavy atom. The molecular formula is C5H5N2O. The predicted molar refractivity (Wildman–Crippen MR) is 28.4 cm³/mol. The number of hydrogen-bond donors (Lipinski definition) is 1. The largest absolute Gasteiger partial charge is 0.345 e. The van der Waals surface area contributed by atoms with Gasteiger partial charge in [0, 0.05) is 6.20 Å². The molecule has 0 saturated carbocycles. The summed E-state index contributed by atoms with van der Waals surface area (Å²) >= 11 is 0. The fourth-order valence-electron chi connectivity index (χ4n) is 0.373. The third kappa shape index (κ3) is 0.932. The van der Waals surface area contributed by atoms with Crippen molar-refractivity contribution in [1.82, 2.24) is 9.97 Å². The van der Waals surface area contributed by atoms with Crippen LogP contribution in [0, 0.1) is 13.1 Å². The van der Waals surface area contributed by atoms with Crippen molar-refractivity contribution >= 4 is 0 Å². The van der Waals surface area contributed by atoms with Crippen molar-refractivity contribution in [3.05, 3.63) is 28.4 Å². The number of nitrogens with one attached hydrogen (secondary N) is 1. The van der Waals surface area contributed by atoms with E-state index in [1.807, 2.05) is 6.92 Å². The van der Waals surface area contributed by atoms with Gasteiger partial charge in [-0.2, -0.15) is 4.98 Å². The Bertz CT molecular complexity index is 208. The van der Waals surface area contributed by atoms with Crippen molar-refractivity contribution in [2.45, 2.75) is 6.92 Å². The van der Waals surface area contributed by atoms with Crippen LogP contribution in [0.3, 0.4) is 0 Å². The predicted octanol–water partition coefficient (Wildman–Crippen LogP) is -0.121. The second-order valence-corrected chi connectivity index (χ2v) is 1.50.